The molecule has 4 heteroatoms. The van der Waals surface area contributed by atoms with Crippen LogP contribution in [0.1, 0.15) is 6.92 Å². The number of carbonyl (C=O) groups is 1. The summed E-state index contributed by atoms with van der Waals surface area (Å²) in [5.41, 5.74) is 0.763. The third-order valence-corrected chi connectivity index (χ3v) is 2.16. The van der Waals surface area contributed by atoms with Crippen LogP contribution in [0.5, 0.6) is 11.5 Å². The van der Waals surface area contributed by atoms with Gasteiger partial charge >= 0.3 is 5.97 Å². The number of benzene rings is 1. The van der Waals surface area contributed by atoms with Crippen LogP contribution in [0.25, 0.3) is 10.9 Å². The maximum absolute atomic E-state index is 11.0. The molecule has 1 aromatic carbocycles. The first-order valence-electron chi connectivity index (χ1n) is 4.82. The number of hydrogen-bond acceptors (Lipinski definition) is 4. The molecule has 0 aliphatic carbocycles. The third kappa shape index (κ3) is 1.82. The highest BCUT2D eigenvalue weighted by Crippen LogP contribution is 2.33. The Balaban J connectivity index is 2.67. The number of rotatable bonds is 2. The van der Waals surface area contributed by atoms with E-state index in [1.807, 2.05) is 24.3 Å². The van der Waals surface area contributed by atoms with Gasteiger partial charge in [0.2, 0.25) is 0 Å². The molecule has 0 fully saturated rings. The highest BCUT2D eigenvalue weighted by Gasteiger charge is 2.12. The van der Waals surface area contributed by atoms with E-state index >= 15 is 0 Å². The second-order valence-electron chi connectivity index (χ2n) is 3.27. The van der Waals surface area contributed by atoms with Crippen LogP contribution in [0, 0.1) is 0 Å². The second-order valence-corrected chi connectivity index (χ2v) is 3.27. The number of para-hydroxylation sites is 1. The summed E-state index contributed by atoms with van der Waals surface area (Å²) >= 11 is 0. The van der Waals surface area contributed by atoms with Crippen LogP contribution in [0.4, 0.5) is 0 Å². The van der Waals surface area contributed by atoms with Crippen molar-refractivity contribution in [3.8, 4) is 11.5 Å². The Hall–Kier alpha value is -2.10. The average molecular weight is 217 g/mol. The lowest BCUT2D eigenvalue weighted by atomic mass is 10.2. The summed E-state index contributed by atoms with van der Waals surface area (Å²) in [6.07, 6.45) is 1.54. The highest BCUT2D eigenvalue weighted by atomic mass is 16.6. The van der Waals surface area contributed by atoms with Crippen LogP contribution in [0.15, 0.2) is 30.5 Å². The summed E-state index contributed by atoms with van der Waals surface area (Å²) in [5, 5.41) is 0.761. The van der Waals surface area contributed by atoms with Gasteiger partial charge in [-0.2, -0.15) is 0 Å². The first kappa shape index (κ1) is 10.4. The molecule has 0 amide bonds. The molecule has 0 N–H and O–H groups in total. The van der Waals surface area contributed by atoms with E-state index in [9.17, 15) is 4.79 Å². The Morgan fingerprint density at radius 2 is 2.06 bits per heavy atom. The number of carbonyl (C=O) groups excluding carboxylic acids is 1. The van der Waals surface area contributed by atoms with Crippen molar-refractivity contribution in [2.75, 3.05) is 7.11 Å². The SMILES string of the molecule is COc1cnc2ccccc2c1OC(C)=O. The number of hydrogen-bond donors (Lipinski definition) is 0. The number of esters is 1. The summed E-state index contributed by atoms with van der Waals surface area (Å²) in [6.45, 7) is 1.36. The summed E-state index contributed by atoms with van der Waals surface area (Å²) in [5.74, 6) is 0.490. The number of nitrogens with zero attached hydrogens (tertiary/aromatic N) is 1. The molecule has 0 unspecified atom stereocenters. The van der Waals surface area contributed by atoms with Crippen molar-refractivity contribution in [3.63, 3.8) is 0 Å². The number of pyridine rings is 1. The van der Waals surface area contributed by atoms with Crippen LogP contribution in [0.2, 0.25) is 0 Å². The quantitative estimate of drug-likeness (QED) is 0.723. The molecule has 1 aromatic heterocycles. The zero-order valence-electron chi connectivity index (χ0n) is 9.06. The summed E-state index contributed by atoms with van der Waals surface area (Å²) < 4.78 is 10.3. The lowest BCUT2D eigenvalue weighted by Gasteiger charge is -2.09. The highest BCUT2D eigenvalue weighted by molar-refractivity contribution is 5.89. The standard InChI is InChI=1S/C12H11NO3/c1-8(14)16-12-9-5-3-4-6-10(9)13-7-11(12)15-2/h3-7H,1-2H3. The van der Waals surface area contributed by atoms with Gasteiger partial charge in [0.05, 0.1) is 18.8 Å². The van der Waals surface area contributed by atoms with Crippen molar-refractivity contribution in [1.29, 1.82) is 0 Å². The maximum Gasteiger partial charge on any atom is 0.308 e. The fourth-order valence-electron chi connectivity index (χ4n) is 1.49. The van der Waals surface area contributed by atoms with Gasteiger partial charge in [-0.25, -0.2) is 0 Å². The molecule has 0 radical (unpaired) electrons. The molecule has 0 saturated carbocycles. The number of fused-ring (bicyclic) bond motifs is 1. The van der Waals surface area contributed by atoms with Gasteiger partial charge in [0.25, 0.3) is 0 Å². The van der Waals surface area contributed by atoms with E-state index in [1.54, 1.807) is 6.20 Å². The molecule has 0 atom stereocenters. The number of methoxy groups -OCH3 is 1. The fourth-order valence-corrected chi connectivity index (χ4v) is 1.49. The molecule has 0 spiro atoms. The average Bonchev–Trinajstić information content (AvgIpc) is 2.29. The summed E-state index contributed by atoms with van der Waals surface area (Å²) in [4.78, 5) is 15.2. The Morgan fingerprint density at radius 1 is 1.31 bits per heavy atom. The smallest absolute Gasteiger partial charge is 0.308 e. The van der Waals surface area contributed by atoms with Crippen molar-refractivity contribution in [3.05, 3.63) is 30.5 Å². The minimum Gasteiger partial charge on any atom is -0.491 e. The van der Waals surface area contributed by atoms with Crippen molar-refractivity contribution in [2.45, 2.75) is 6.92 Å². The third-order valence-electron chi connectivity index (χ3n) is 2.16. The molecule has 82 valence electrons. The number of aromatic nitrogens is 1. The van der Waals surface area contributed by atoms with E-state index in [4.69, 9.17) is 9.47 Å². The first-order chi connectivity index (χ1) is 7.72. The largest absolute Gasteiger partial charge is 0.491 e. The normalized spacial score (nSPS) is 10.1. The van der Waals surface area contributed by atoms with Gasteiger partial charge in [0.15, 0.2) is 11.5 Å². The van der Waals surface area contributed by atoms with Gasteiger partial charge < -0.3 is 9.47 Å². The minimum atomic E-state index is -0.380. The van der Waals surface area contributed by atoms with Crippen LogP contribution in [0.3, 0.4) is 0 Å². The van der Waals surface area contributed by atoms with Crippen molar-refractivity contribution in [1.82, 2.24) is 4.98 Å². The van der Waals surface area contributed by atoms with Crippen LogP contribution < -0.4 is 9.47 Å². The van der Waals surface area contributed by atoms with Gasteiger partial charge in [0.1, 0.15) is 0 Å². The molecule has 4 nitrogen and oxygen atoms in total. The Labute approximate surface area is 92.8 Å². The van der Waals surface area contributed by atoms with Gasteiger partial charge in [-0.3, -0.25) is 9.78 Å². The molecule has 0 saturated heterocycles. The maximum atomic E-state index is 11.0. The topological polar surface area (TPSA) is 48.4 Å². The predicted molar refractivity (Wildman–Crippen MR) is 59.6 cm³/mol. The lowest BCUT2D eigenvalue weighted by Crippen LogP contribution is -2.04. The van der Waals surface area contributed by atoms with Crippen molar-refractivity contribution >= 4 is 16.9 Å². The Morgan fingerprint density at radius 3 is 2.75 bits per heavy atom. The Kier molecular flexibility index (Phi) is 2.72. The summed E-state index contributed by atoms with van der Waals surface area (Å²) in [7, 11) is 1.51. The van der Waals surface area contributed by atoms with E-state index < -0.39 is 0 Å². The molecule has 0 bridgehead atoms. The van der Waals surface area contributed by atoms with Crippen LogP contribution in [-0.2, 0) is 4.79 Å². The van der Waals surface area contributed by atoms with E-state index in [2.05, 4.69) is 4.98 Å². The monoisotopic (exact) mass is 217 g/mol. The van der Waals surface area contributed by atoms with Crippen LogP contribution >= 0.6 is 0 Å². The van der Waals surface area contributed by atoms with Crippen LogP contribution in [-0.4, -0.2) is 18.1 Å². The van der Waals surface area contributed by atoms with E-state index in [1.165, 1.54) is 14.0 Å². The van der Waals surface area contributed by atoms with Gasteiger partial charge in [0, 0.05) is 12.3 Å². The summed E-state index contributed by atoms with van der Waals surface area (Å²) in [6, 6.07) is 7.42. The molecule has 0 aliphatic heterocycles. The van der Waals surface area contributed by atoms with Crippen molar-refractivity contribution in [2.24, 2.45) is 0 Å². The molecule has 2 aromatic rings. The zero-order valence-corrected chi connectivity index (χ0v) is 9.06. The van der Waals surface area contributed by atoms with Gasteiger partial charge in [-0.15, -0.1) is 0 Å². The first-order valence-corrected chi connectivity index (χ1v) is 4.82. The molecular formula is C12H11NO3. The van der Waals surface area contributed by atoms with Gasteiger partial charge in [-0.05, 0) is 12.1 Å². The van der Waals surface area contributed by atoms with Crippen molar-refractivity contribution < 1.29 is 14.3 Å². The second kappa shape index (κ2) is 4.18. The van der Waals surface area contributed by atoms with E-state index in [0.29, 0.717) is 11.5 Å². The predicted octanol–water partition coefficient (Wildman–Crippen LogP) is 2.17. The van der Waals surface area contributed by atoms with Gasteiger partial charge in [-0.1, -0.05) is 12.1 Å². The number of ether oxygens (including phenoxy) is 2. The molecular weight excluding hydrogens is 206 g/mol. The minimum absolute atomic E-state index is 0.380. The molecule has 16 heavy (non-hydrogen) atoms. The molecule has 0 aliphatic rings. The van der Waals surface area contributed by atoms with E-state index in [0.717, 1.165) is 10.9 Å². The molecule has 2 rings (SSSR count). The lowest BCUT2D eigenvalue weighted by molar-refractivity contribution is -0.131. The van der Waals surface area contributed by atoms with E-state index in [-0.39, 0.29) is 5.97 Å². The zero-order chi connectivity index (χ0) is 11.5. The fraction of sp³-hybridized carbons (Fsp3) is 0.167. The Bertz CT molecular complexity index is 537. The molecule has 1 heterocycles.